The molecule has 0 unspecified atom stereocenters. The maximum absolute atomic E-state index is 12.9. The number of ether oxygens (including phenoxy) is 2. The second kappa shape index (κ2) is 9.90. The Morgan fingerprint density at radius 3 is 2.59 bits per heavy atom. The van der Waals surface area contributed by atoms with E-state index in [0.717, 1.165) is 39.1 Å². The molecule has 5 heteroatoms. The Kier molecular flexibility index (Phi) is 6.80. The summed E-state index contributed by atoms with van der Waals surface area (Å²) < 4.78 is 11.5. The van der Waals surface area contributed by atoms with Crippen LogP contribution in [0.5, 0.6) is 5.75 Å². The molecule has 1 N–H and O–H groups in total. The van der Waals surface area contributed by atoms with E-state index in [1.54, 1.807) is 0 Å². The molecule has 1 atom stereocenters. The summed E-state index contributed by atoms with van der Waals surface area (Å²) in [5, 5.41) is 3.08. The van der Waals surface area contributed by atoms with Gasteiger partial charge in [-0.2, -0.15) is 0 Å². The second-order valence-electron chi connectivity index (χ2n) is 7.88. The van der Waals surface area contributed by atoms with Crippen molar-refractivity contribution in [2.24, 2.45) is 0 Å². The second-order valence-corrected chi connectivity index (χ2v) is 7.88. The van der Waals surface area contributed by atoms with Crippen LogP contribution in [0.15, 0.2) is 48.5 Å². The number of hydrogen-bond acceptors (Lipinski definition) is 4. The molecule has 0 radical (unpaired) electrons. The number of amides is 1. The average molecular weight is 395 g/mol. The molecular weight excluding hydrogens is 364 g/mol. The van der Waals surface area contributed by atoms with Crippen LogP contribution < -0.4 is 10.1 Å². The summed E-state index contributed by atoms with van der Waals surface area (Å²) in [5.74, 6) is 0.509. The van der Waals surface area contributed by atoms with Crippen molar-refractivity contribution in [2.75, 3.05) is 26.3 Å². The van der Waals surface area contributed by atoms with E-state index in [9.17, 15) is 4.79 Å². The monoisotopic (exact) mass is 394 g/mol. The number of benzene rings is 2. The molecule has 2 aliphatic rings. The summed E-state index contributed by atoms with van der Waals surface area (Å²) in [4.78, 5) is 15.3. The Labute approximate surface area is 173 Å². The Morgan fingerprint density at radius 2 is 1.79 bits per heavy atom. The standard InChI is InChI=1S/C24H30N2O3/c27-24(22-11-3-4-12-23(22)29-18-21-10-7-15-28-21)25-16-19-8-1-2-9-20(19)17-26-13-5-6-14-26/h1-4,8-9,11-12,21H,5-7,10,13-18H2,(H,25,27)/t21-/m0/s1. The minimum atomic E-state index is -0.107. The first-order chi connectivity index (χ1) is 14.3. The number of nitrogens with zero attached hydrogens (tertiary/aromatic N) is 1. The average Bonchev–Trinajstić information content (AvgIpc) is 3.46. The van der Waals surface area contributed by atoms with Gasteiger partial charge in [-0.1, -0.05) is 36.4 Å². The largest absolute Gasteiger partial charge is 0.490 e. The van der Waals surface area contributed by atoms with E-state index in [2.05, 4.69) is 28.4 Å². The first-order valence-electron chi connectivity index (χ1n) is 10.7. The van der Waals surface area contributed by atoms with Gasteiger partial charge in [-0.05, 0) is 62.0 Å². The highest BCUT2D eigenvalue weighted by atomic mass is 16.5. The van der Waals surface area contributed by atoms with E-state index in [-0.39, 0.29) is 12.0 Å². The molecule has 2 aliphatic heterocycles. The lowest BCUT2D eigenvalue weighted by Gasteiger charge is -2.18. The van der Waals surface area contributed by atoms with E-state index >= 15 is 0 Å². The normalized spacial score (nSPS) is 19.4. The van der Waals surface area contributed by atoms with Gasteiger partial charge in [-0.25, -0.2) is 0 Å². The van der Waals surface area contributed by atoms with E-state index < -0.39 is 0 Å². The molecular formula is C24H30N2O3. The first-order valence-corrected chi connectivity index (χ1v) is 10.7. The van der Waals surface area contributed by atoms with Gasteiger partial charge in [-0.3, -0.25) is 9.69 Å². The van der Waals surface area contributed by atoms with Crippen molar-refractivity contribution in [3.05, 3.63) is 65.2 Å². The molecule has 2 aromatic carbocycles. The van der Waals surface area contributed by atoms with Gasteiger partial charge in [-0.15, -0.1) is 0 Å². The van der Waals surface area contributed by atoms with Crippen LogP contribution in [0.4, 0.5) is 0 Å². The number of para-hydroxylation sites is 1. The molecule has 154 valence electrons. The molecule has 2 fully saturated rings. The number of likely N-dealkylation sites (tertiary alicyclic amines) is 1. The highest BCUT2D eigenvalue weighted by molar-refractivity contribution is 5.96. The maximum atomic E-state index is 12.9. The fourth-order valence-electron chi connectivity index (χ4n) is 4.08. The summed E-state index contributed by atoms with van der Waals surface area (Å²) in [7, 11) is 0. The van der Waals surface area contributed by atoms with Crippen molar-refractivity contribution in [1.29, 1.82) is 0 Å². The fourth-order valence-corrected chi connectivity index (χ4v) is 4.08. The zero-order valence-corrected chi connectivity index (χ0v) is 16.9. The third-order valence-corrected chi connectivity index (χ3v) is 5.73. The van der Waals surface area contributed by atoms with E-state index in [1.165, 1.54) is 24.0 Å². The Hall–Kier alpha value is -2.37. The number of rotatable bonds is 8. The summed E-state index contributed by atoms with van der Waals surface area (Å²) in [5.41, 5.74) is 3.03. The maximum Gasteiger partial charge on any atom is 0.255 e. The summed E-state index contributed by atoms with van der Waals surface area (Å²) in [6, 6.07) is 15.8. The SMILES string of the molecule is O=C(NCc1ccccc1CN1CCCC1)c1ccccc1OC[C@@H]1CCCO1. The summed E-state index contributed by atoms with van der Waals surface area (Å²) in [6.07, 6.45) is 4.78. The van der Waals surface area contributed by atoms with Crippen molar-refractivity contribution < 1.29 is 14.3 Å². The van der Waals surface area contributed by atoms with Gasteiger partial charge < -0.3 is 14.8 Å². The molecule has 5 nitrogen and oxygen atoms in total. The third kappa shape index (κ3) is 5.37. The number of carbonyl (C=O) groups is 1. The summed E-state index contributed by atoms with van der Waals surface area (Å²) >= 11 is 0. The Balaban J connectivity index is 1.37. The highest BCUT2D eigenvalue weighted by Gasteiger charge is 2.19. The zero-order chi connectivity index (χ0) is 19.9. The highest BCUT2D eigenvalue weighted by Crippen LogP contribution is 2.21. The lowest BCUT2D eigenvalue weighted by Crippen LogP contribution is -2.26. The van der Waals surface area contributed by atoms with Crippen LogP contribution in [0.25, 0.3) is 0 Å². The lowest BCUT2D eigenvalue weighted by molar-refractivity contribution is 0.0670. The van der Waals surface area contributed by atoms with Gasteiger partial charge >= 0.3 is 0 Å². The van der Waals surface area contributed by atoms with Crippen LogP contribution in [0.1, 0.15) is 47.2 Å². The molecule has 0 spiro atoms. The zero-order valence-electron chi connectivity index (χ0n) is 16.9. The third-order valence-electron chi connectivity index (χ3n) is 5.73. The molecule has 29 heavy (non-hydrogen) atoms. The van der Waals surface area contributed by atoms with Crippen molar-refractivity contribution in [3.63, 3.8) is 0 Å². The molecule has 0 saturated carbocycles. The smallest absolute Gasteiger partial charge is 0.255 e. The van der Waals surface area contributed by atoms with E-state index in [0.29, 0.717) is 24.5 Å². The van der Waals surface area contributed by atoms with Gasteiger partial charge in [0.25, 0.3) is 5.91 Å². The van der Waals surface area contributed by atoms with Gasteiger partial charge in [0, 0.05) is 19.7 Å². The van der Waals surface area contributed by atoms with Crippen molar-refractivity contribution in [3.8, 4) is 5.75 Å². The van der Waals surface area contributed by atoms with Gasteiger partial charge in [0.05, 0.1) is 11.7 Å². The van der Waals surface area contributed by atoms with Crippen LogP contribution >= 0.6 is 0 Å². The predicted molar refractivity (Wildman–Crippen MR) is 113 cm³/mol. The minimum Gasteiger partial charge on any atom is -0.490 e. The van der Waals surface area contributed by atoms with Crippen LogP contribution in [0.2, 0.25) is 0 Å². The van der Waals surface area contributed by atoms with Crippen LogP contribution in [-0.4, -0.2) is 43.2 Å². The van der Waals surface area contributed by atoms with Gasteiger partial charge in [0.15, 0.2) is 0 Å². The molecule has 0 bridgehead atoms. The van der Waals surface area contributed by atoms with Crippen molar-refractivity contribution in [1.82, 2.24) is 10.2 Å². The molecule has 0 aromatic heterocycles. The topological polar surface area (TPSA) is 50.8 Å². The molecule has 2 heterocycles. The van der Waals surface area contributed by atoms with Crippen molar-refractivity contribution >= 4 is 5.91 Å². The number of carbonyl (C=O) groups excluding carboxylic acids is 1. The van der Waals surface area contributed by atoms with Crippen LogP contribution in [0, 0.1) is 0 Å². The summed E-state index contributed by atoms with van der Waals surface area (Å²) in [6.45, 7) is 5.08. The Bertz CT molecular complexity index is 811. The predicted octanol–water partition coefficient (Wildman–Crippen LogP) is 3.77. The van der Waals surface area contributed by atoms with E-state index in [1.807, 2.05) is 30.3 Å². The minimum absolute atomic E-state index is 0.107. The molecule has 1 amide bonds. The van der Waals surface area contributed by atoms with Crippen LogP contribution in [0.3, 0.4) is 0 Å². The molecule has 2 saturated heterocycles. The van der Waals surface area contributed by atoms with Gasteiger partial charge in [0.1, 0.15) is 12.4 Å². The lowest BCUT2D eigenvalue weighted by atomic mass is 10.1. The van der Waals surface area contributed by atoms with E-state index in [4.69, 9.17) is 9.47 Å². The number of hydrogen-bond donors (Lipinski definition) is 1. The molecule has 2 aromatic rings. The quantitative estimate of drug-likeness (QED) is 0.741. The van der Waals surface area contributed by atoms with Crippen molar-refractivity contribution in [2.45, 2.75) is 44.9 Å². The Morgan fingerprint density at radius 1 is 1.03 bits per heavy atom. The number of nitrogens with one attached hydrogen (secondary N) is 1. The molecule has 0 aliphatic carbocycles. The fraction of sp³-hybridized carbons (Fsp3) is 0.458. The first kappa shape index (κ1) is 19.9. The van der Waals surface area contributed by atoms with Crippen LogP contribution in [-0.2, 0) is 17.8 Å². The van der Waals surface area contributed by atoms with Gasteiger partial charge in [0.2, 0.25) is 0 Å². The molecule has 4 rings (SSSR count).